The Balaban J connectivity index is 1.81. The van der Waals surface area contributed by atoms with E-state index in [1.165, 1.54) is 4.90 Å². The molecule has 2 amide bonds. The second kappa shape index (κ2) is 9.05. The molecule has 0 aliphatic rings. The first-order valence-electron chi connectivity index (χ1n) is 8.54. The number of para-hydroxylation sites is 1. The number of aryl methyl sites for hydroxylation is 1. The van der Waals surface area contributed by atoms with Crippen LogP contribution in [0.3, 0.4) is 0 Å². The summed E-state index contributed by atoms with van der Waals surface area (Å²) in [5.74, 6) is 1.94. The van der Waals surface area contributed by atoms with Crippen molar-refractivity contribution in [2.24, 2.45) is 0 Å². The summed E-state index contributed by atoms with van der Waals surface area (Å²) >= 11 is 0. The van der Waals surface area contributed by atoms with Gasteiger partial charge in [-0.15, -0.1) is 0 Å². The second-order valence-corrected chi connectivity index (χ2v) is 6.07. The highest BCUT2D eigenvalue weighted by atomic mass is 16.5. The molecule has 2 aromatic rings. The van der Waals surface area contributed by atoms with Crippen LogP contribution in [0.4, 0.5) is 4.79 Å². The topological polar surface area (TPSA) is 80.5 Å². The number of urea groups is 1. The van der Waals surface area contributed by atoms with Crippen molar-refractivity contribution in [3.8, 4) is 5.75 Å². The zero-order valence-corrected chi connectivity index (χ0v) is 15.3. The minimum atomic E-state index is -0.176. The summed E-state index contributed by atoms with van der Waals surface area (Å²) in [6.45, 7) is 6.76. The molecule has 0 spiro atoms. The fourth-order valence-corrected chi connectivity index (χ4v) is 2.30. The van der Waals surface area contributed by atoms with E-state index in [4.69, 9.17) is 9.26 Å². The lowest BCUT2D eigenvalue weighted by atomic mass is 10.1. The van der Waals surface area contributed by atoms with E-state index in [1.54, 1.807) is 7.05 Å². The molecule has 0 aliphatic carbocycles. The van der Waals surface area contributed by atoms with Crippen molar-refractivity contribution in [3.05, 3.63) is 41.5 Å². The molecule has 1 heterocycles. The maximum atomic E-state index is 12.2. The predicted molar refractivity (Wildman–Crippen MR) is 94.5 cm³/mol. The van der Waals surface area contributed by atoms with Crippen LogP contribution in [0.25, 0.3) is 0 Å². The van der Waals surface area contributed by atoms with Gasteiger partial charge in [0.25, 0.3) is 0 Å². The van der Waals surface area contributed by atoms with Crippen molar-refractivity contribution in [2.75, 3.05) is 13.6 Å². The summed E-state index contributed by atoms with van der Waals surface area (Å²) in [5, 5.41) is 6.75. The van der Waals surface area contributed by atoms with Crippen LogP contribution in [-0.4, -0.2) is 40.8 Å². The molecule has 0 saturated carbocycles. The number of nitrogens with one attached hydrogen (secondary N) is 1. The number of hydrogen-bond donors (Lipinski definition) is 1. The van der Waals surface area contributed by atoms with E-state index >= 15 is 0 Å². The van der Waals surface area contributed by atoms with Gasteiger partial charge in [0.05, 0.1) is 12.6 Å². The minimum Gasteiger partial charge on any atom is -0.491 e. The van der Waals surface area contributed by atoms with Crippen LogP contribution in [0.15, 0.2) is 28.8 Å². The number of nitrogens with zero attached hydrogens (tertiary/aromatic N) is 3. The quantitative estimate of drug-likeness (QED) is 0.795. The fourth-order valence-electron chi connectivity index (χ4n) is 2.30. The van der Waals surface area contributed by atoms with Gasteiger partial charge in [-0.2, -0.15) is 4.98 Å². The molecule has 7 heteroatoms. The Morgan fingerprint density at radius 1 is 1.36 bits per heavy atom. The summed E-state index contributed by atoms with van der Waals surface area (Å²) in [6, 6.07) is 7.70. The monoisotopic (exact) mass is 346 g/mol. The normalized spacial score (nSPS) is 10.8. The van der Waals surface area contributed by atoms with E-state index in [9.17, 15) is 4.79 Å². The first-order valence-corrected chi connectivity index (χ1v) is 8.54. The number of ether oxygens (including phenoxy) is 1. The second-order valence-electron chi connectivity index (χ2n) is 6.07. The minimum absolute atomic E-state index is 0.116. The average molecular weight is 346 g/mol. The average Bonchev–Trinajstić information content (AvgIpc) is 3.03. The summed E-state index contributed by atoms with van der Waals surface area (Å²) in [5.41, 5.74) is 1.07. The van der Waals surface area contributed by atoms with E-state index < -0.39 is 0 Å². The van der Waals surface area contributed by atoms with Crippen LogP contribution >= 0.6 is 0 Å². The van der Waals surface area contributed by atoms with Gasteiger partial charge in [0.1, 0.15) is 5.75 Å². The fraction of sp³-hybridized carbons (Fsp3) is 0.500. The lowest BCUT2D eigenvalue weighted by molar-refractivity contribution is 0.205. The van der Waals surface area contributed by atoms with Gasteiger partial charge in [-0.3, -0.25) is 0 Å². The molecular formula is C18H26N4O3. The molecule has 0 atom stereocenters. The van der Waals surface area contributed by atoms with Crippen molar-refractivity contribution >= 4 is 6.03 Å². The molecule has 0 unspecified atom stereocenters. The smallest absolute Gasteiger partial charge is 0.317 e. The van der Waals surface area contributed by atoms with Crippen molar-refractivity contribution in [3.63, 3.8) is 0 Å². The molecule has 1 aromatic carbocycles. The van der Waals surface area contributed by atoms with Gasteiger partial charge in [-0.1, -0.05) is 30.3 Å². The SMILES string of the molecule is CCc1nc(CN(C)C(=O)NCCc2ccccc2OC(C)C)no1. The van der Waals surface area contributed by atoms with Gasteiger partial charge in [0, 0.05) is 20.0 Å². The summed E-state index contributed by atoms with van der Waals surface area (Å²) < 4.78 is 10.8. The molecule has 0 fully saturated rings. The van der Waals surface area contributed by atoms with Crippen LogP contribution in [0.2, 0.25) is 0 Å². The Bertz CT molecular complexity index is 684. The Morgan fingerprint density at radius 2 is 2.12 bits per heavy atom. The summed E-state index contributed by atoms with van der Waals surface area (Å²) in [7, 11) is 1.70. The number of rotatable bonds is 8. The third-order valence-corrected chi connectivity index (χ3v) is 3.54. The summed E-state index contributed by atoms with van der Waals surface area (Å²) in [6.07, 6.45) is 1.50. The Hall–Kier alpha value is -2.57. The molecule has 1 N–H and O–H groups in total. The van der Waals surface area contributed by atoms with Crippen LogP contribution in [-0.2, 0) is 19.4 Å². The third-order valence-electron chi connectivity index (χ3n) is 3.54. The van der Waals surface area contributed by atoms with Gasteiger partial charge >= 0.3 is 6.03 Å². The number of carbonyl (C=O) groups is 1. The molecular weight excluding hydrogens is 320 g/mol. The highest BCUT2D eigenvalue weighted by Crippen LogP contribution is 2.19. The van der Waals surface area contributed by atoms with Gasteiger partial charge in [-0.05, 0) is 31.9 Å². The first-order chi connectivity index (χ1) is 12.0. The highest BCUT2D eigenvalue weighted by Gasteiger charge is 2.13. The Labute approximate surface area is 148 Å². The van der Waals surface area contributed by atoms with E-state index in [-0.39, 0.29) is 12.1 Å². The number of hydrogen-bond acceptors (Lipinski definition) is 5. The van der Waals surface area contributed by atoms with Crippen molar-refractivity contribution in [1.29, 1.82) is 0 Å². The highest BCUT2D eigenvalue weighted by molar-refractivity contribution is 5.73. The molecule has 136 valence electrons. The van der Waals surface area contributed by atoms with Crippen molar-refractivity contribution < 1.29 is 14.1 Å². The number of benzene rings is 1. The molecule has 0 saturated heterocycles. The first kappa shape index (κ1) is 18.8. The molecule has 0 radical (unpaired) electrons. The number of carbonyl (C=O) groups excluding carboxylic acids is 1. The van der Waals surface area contributed by atoms with Crippen molar-refractivity contribution in [1.82, 2.24) is 20.4 Å². The molecule has 0 bridgehead atoms. The summed E-state index contributed by atoms with van der Waals surface area (Å²) in [4.78, 5) is 17.9. The lowest BCUT2D eigenvalue weighted by Crippen LogP contribution is -2.38. The van der Waals surface area contributed by atoms with Crippen LogP contribution in [0.5, 0.6) is 5.75 Å². The Kier molecular flexibility index (Phi) is 6.80. The predicted octanol–water partition coefficient (Wildman–Crippen LogP) is 2.80. The van der Waals surface area contributed by atoms with E-state index in [0.29, 0.717) is 37.6 Å². The lowest BCUT2D eigenvalue weighted by Gasteiger charge is -2.17. The maximum absolute atomic E-state index is 12.2. The van der Waals surface area contributed by atoms with Gasteiger partial charge in [0.2, 0.25) is 5.89 Å². The maximum Gasteiger partial charge on any atom is 0.317 e. The molecule has 0 aliphatic heterocycles. The molecule has 7 nitrogen and oxygen atoms in total. The Morgan fingerprint density at radius 3 is 2.80 bits per heavy atom. The van der Waals surface area contributed by atoms with E-state index in [0.717, 1.165) is 11.3 Å². The molecule has 1 aromatic heterocycles. The zero-order chi connectivity index (χ0) is 18.2. The zero-order valence-electron chi connectivity index (χ0n) is 15.3. The van der Waals surface area contributed by atoms with Crippen LogP contribution in [0.1, 0.15) is 38.0 Å². The van der Waals surface area contributed by atoms with Gasteiger partial charge in [-0.25, -0.2) is 4.79 Å². The largest absolute Gasteiger partial charge is 0.491 e. The van der Waals surface area contributed by atoms with Crippen LogP contribution < -0.4 is 10.1 Å². The molecule has 2 rings (SSSR count). The third kappa shape index (κ3) is 5.77. The number of amides is 2. The number of aromatic nitrogens is 2. The van der Waals surface area contributed by atoms with E-state index in [1.807, 2.05) is 45.0 Å². The van der Waals surface area contributed by atoms with E-state index in [2.05, 4.69) is 15.5 Å². The standard InChI is InChI=1S/C18H26N4O3/c1-5-17-20-16(21-25-17)12-22(4)18(23)19-11-10-14-8-6-7-9-15(14)24-13(2)3/h6-9,13H,5,10-12H2,1-4H3,(H,19,23). The van der Waals surface area contributed by atoms with Crippen molar-refractivity contribution in [2.45, 2.75) is 46.3 Å². The van der Waals surface area contributed by atoms with Gasteiger partial charge < -0.3 is 19.5 Å². The van der Waals surface area contributed by atoms with Gasteiger partial charge in [0.15, 0.2) is 5.82 Å². The van der Waals surface area contributed by atoms with Crippen LogP contribution in [0, 0.1) is 0 Å². The molecule has 25 heavy (non-hydrogen) atoms.